The summed E-state index contributed by atoms with van der Waals surface area (Å²) in [6.45, 7) is -3.99. The number of nitrogens with zero attached hydrogens (tertiary/aromatic N) is 3. The molecule has 0 bridgehead atoms. The zero-order valence-corrected chi connectivity index (χ0v) is 24.3. The minimum atomic E-state index is -1.48. The van der Waals surface area contributed by atoms with Gasteiger partial charge in [-0.3, -0.25) is 48.3 Å². The van der Waals surface area contributed by atoms with Crippen LogP contribution in [0.2, 0.25) is 0 Å². The van der Waals surface area contributed by atoms with E-state index in [2.05, 4.69) is 10.6 Å². The molecule has 0 aliphatic rings. The van der Waals surface area contributed by atoms with E-state index in [1.807, 2.05) is 0 Å². The van der Waals surface area contributed by atoms with E-state index in [4.69, 9.17) is 11.5 Å². The first-order chi connectivity index (χ1) is 20.9. The summed E-state index contributed by atoms with van der Waals surface area (Å²) in [7, 11) is 0. The molecule has 0 radical (unpaired) electrons. The molecule has 0 aromatic rings. The van der Waals surface area contributed by atoms with Crippen molar-refractivity contribution in [3.63, 3.8) is 0 Å². The number of aliphatic carboxylic acids is 5. The van der Waals surface area contributed by atoms with Crippen molar-refractivity contribution >= 4 is 53.5 Å². The Morgan fingerprint density at radius 1 is 0.489 bits per heavy atom. The van der Waals surface area contributed by atoms with E-state index < -0.39 is 98.3 Å². The molecule has 4 amide bonds. The van der Waals surface area contributed by atoms with Crippen LogP contribution < -0.4 is 22.1 Å². The molecule has 11 N–H and O–H groups in total. The molecule has 0 aromatic carbocycles. The third kappa shape index (κ3) is 20.6. The van der Waals surface area contributed by atoms with Crippen molar-refractivity contribution in [2.24, 2.45) is 11.5 Å². The summed E-state index contributed by atoms with van der Waals surface area (Å²) in [6, 6.07) is -2.96. The molecule has 2 unspecified atom stereocenters. The van der Waals surface area contributed by atoms with Gasteiger partial charge in [-0.15, -0.1) is 0 Å². The number of rotatable bonds is 26. The van der Waals surface area contributed by atoms with Gasteiger partial charge in [-0.25, -0.2) is 9.59 Å². The molecule has 0 saturated carbocycles. The molecule has 0 fully saturated rings. The highest BCUT2D eigenvalue weighted by Gasteiger charge is 2.25. The Labute approximate surface area is 256 Å². The van der Waals surface area contributed by atoms with E-state index >= 15 is 0 Å². The number of carboxylic acids is 5. The van der Waals surface area contributed by atoms with Gasteiger partial charge in [-0.1, -0.05) is 0 Å². The fraction of sp³-hybridized carbons (Fsp3) is 0.625. The van der Waals surface area contributed by atoms with Crippen LogP contribution in [0.5, 0.6) is 0 Å². The van der Waals surface area contributed by atoms with Crippen LogP contribution in [-0.4, -0.2) is 165 Å². The van der Waals surface area contributed by atoms with E-state index in [1.54, 1.807) is 0 Å². The van der Waals surface area contributed by atoms with Gasteiger partial charge in [0.25, 0.3) is 0 Å². The molecule has 0 heterocycles. The second-order valence-electron chi connectivity index (χ2n) is 9.81. The van der Waals surface area contributed by atoms with Crippen LogP contribution in [0.25, 0.3) is 0 Å². The van der Waals surface area contributed by atoms with Crippen LogP contribution in [0.4, 0.5) is 0 Å². The lowest BCUT2D eigenvalue weighted by atomic mass is 10.1. The second-order valence-corrected chi connectivity index (χ2v) is 9.81. The van der Waals surface area contributed by atoms with Crippen LogP contribution >= 0.6 is 0 Å². The Hall–Kier alpha value is -4.89. The highest BCUT2D eigenvalue weighted by atomic mass is 16.4. The van der Waals surface area contributed by atoms with E-state index in [9.17, 15) is 68.7 Å². The summed E-state index contributed by atoms with van der Waals surface area (Å²) in [5.41, 5.74) is 10.00. The topological polar surface area (TPSA) is 341 Å². The van der Waals surface area contributed by atoms with Crippen LogP contribution in [-0.2, 0) is 43.2 Å². The molecule has 254 valence electrons. The molecule has 0 saturated heterocycles. The predicted octanol–water partition coefficient (Wildman–Crippen LogP) is -5.18. The SMILES string of the molecule is NC(=O)CCC(NC(=O)CN(CCN(CCN(CC(=O)O)CC(=O)NC(CCC(N)=O)C(=O)O)CC(=O)O)CC(=O)O)C(=O)O. The van der Waals surface area contributed by atoms with E-state index in [0.717, 1.165) is 9.80 Å². The van der Waals surface area contributed by atoms with Crippen molar-refractivity contribution in [2.45, 2.75) is 37.8 Å². The van der Waals surface area contributed by atoms with E-state index in [-0.39, 0.29) is 51.9 Å². The van der Waals surface area contributed by atoms with Gasteiger partial charge in [0, 0.05) is 39.0 Å². The van der Waals surface area contributed by atoms with Crippen LogP contribution in [0, 0.1) is 0 Å². The molecule has 2 atom stereocenters. The Bertz CT molecular complexity index is 1030. The molecule has 45 heavy (non-hydrogen) atoms. The maximum Gasteiger partial charge on any atom is 0.326 e. The predicted molar refractivity (Wildman–Crippen MR) is 148 cm³/mol. The number of carbonyl (C=O) groups is 9. The van der Waals surface area contributed by atoms with Crippen molar-refractivity contribution in [1.29, 1.82) is 0 Å². The Morgan fingerprint density at radius 2 is 0.778 bits per heavy atom. The van der Waals surface area contributed by atoms with Gasteiger partial charge in [0.2, 0.25) is 23.6 Å². The van der Waals surface area contributed by atoms with Crippen molar-refractivity contribution in [1.82, 2.24) is 25.3 Å². The van der Waals surface area contributed by atoms with Gasteiger partial charge in [0.1, 0.15) is 12.1 Å². The van der Waals surface area contributed by atoms with Gasteiger partial charge in [0.05, 0.1) is 32.7 Å². The molecular weight excluding hydrogens is 610 g/mol. The largest absolute Gasteiger partial charge is 0.480 e. The molecule has 21 nitrogen and oxygen atoms in total. The number of primary amides is 2. The fourth-order valence-corrected chi connectivity index (χ4v) is 3.81. The lowest BCUT2D eigenvalue weighted by Crippen LogP contribution is -2.50. The van der Waals surface area contributed by atoms with E-state index in [1.165, 1.54) is 4.90 Å². The summed E-state index contributed by atoms with van der Waals surface area (Å²) in [5.74, 6) is -10.3. The van der Waals surface area contributed by atoms with Gasteiger partial charge < -0.3 is 47.6 Å². The Kier molecular flexibility index (Phi) is 18.6. The number of carboxylic acid groups (broad SMARTS) is 5. The summed E-state index contributed by atoms with van der Waals surface area (Å²) in [6.07, 6.45) is -1.29. The van der Waals surface area contributed by atoms with E-state index in [0.29, 0.717) is 0 Å². The molecule has 0 rings (SSSR count). The molecule has 0 spiro atoms. The minimum Gasteiger partial charge on any atom is -0.480 e. The van der Waals surface area contributed by atoms with Crippen LogP contribution in [0.1, 0.15) is 25.7 Å². The number of nitrogens with one attached hydrogen (secondary N) is 2. The lowest BCUT2D eigenvalue weighted by Gasteiger charge is -2.28. The summed E-state index contributed by atoms with van der Waals surface area (Å²) in [4.78, 5) is 107. The van der Waals surface area contributed by atoms with Crippen molar-refractivity contribution in [2.75, 3.05) is 58.9 Å². The van der Waals surface area contributed by atoms with Crippen molar-refractivity contribution < 1.29 is 68.7 Å². The summed E-state index contributed by atoms with van der Waals surface area (Å²) in [5, 5.41) is 50.6. The highest BCUT2D eigenvalue weighted by Crippen LogP contribution is 2.02. The Balaban J connectivity index is 5.46. The number of hydrogen-bond acceptors (Lipinski definition) is 12. The Morgan fingerprint density at radius 3 is 1.04 bits per heavy atom. The summed E-state index contributed by atoms with van der Waals surface area (Å²) >= 11 is 0. The highest BCUT2D eigenvalue weighted by molar-refractivity contribution is 5.86. The first-order valence-electron chi connectivity index (χ1n) is 13.3. The molecule has 0 aliphatic carbocycles. The molecule has 0 aliphatic heterocycles. The third-order valence-corrected chi connectivity index (χ3v) is 5.90. The molecular formula is C24H39N7O14. The number of amides is 4. The maximum absolute atomic E-state index is 12.4. The van der Waals surface area contributed by atoms with Crippen molar-refractivity contribution in [3.8, 4) is 0 Å². The second kappa shape index (κ2) is 20.9. The number of carbonyl (C=O) groups excluding carboxylic acids is 4. The zero-order valence-electron chi connectivity index (χ0n) is 24.3. The van der Waals surface area contributed by atoms with Crippen molar-refractivity contribution in [3.05, 3.63) is 0 Å². The monoisotopic (exact) mass is 649 g/mol. The average Bonchev–Trinajstić information content (AvgIpc) is 2.88. The minimum absolute atomic E-state index is 0.168. The quantitative estimate of drug-likeness (QED) is 0.0422. The summed E-state index contributed by atoms with van der Waals surface area (Å²) < 4.78 is 0. The number of hydrogen-bond donors (Lipinski definition) is 9. The smallest absolute Gasteiger partial charge is 0.326 e. The maximum atomic E-state index is 12.4. The van der Waals surface area contributed by atoms with Crippen LogP contribution in [0.15, 0.2) is 0 Å². The van der Waals surface area contributed by atoms with Crippen LogP contribution in [0.3, 0.4) is 0 Å². The first kappa shape index (κ1) is 40.1. The molecule has 21 heteroatoms. The lowest BCUT2D eigenvalue weighted by molar-refractivity contribution is -0.143. The van der Waals surface area contributed by atoms with Gasteiger partial charge in [0.15, 0.2) is 0 Å². The normalized spacial score (nSPS) is 12.3. The third-order valence-electron chi connectivity index (χ3n) is 5.90. The average molecular weight is 650 g/mol. The zero-order chi connectivity index (χ0) is 34.7. The fourth-order valence-electron chi connectivity index (χ4n) is 3.81. The van der Waals surface area contributed by atoms with Gasteiger partial charge >= 0.3 is 29.8 Å². The standard InChI is InChI=1S/C24H39N7O14/c25-16(32)3-1-14(23(42)43)27-18(34)9-30(12-21(38)39)7-5-29(11-20(36)37)6-8-31(13-22(40)41)10-19(35)28-15(24(44)45)2-4-17(26)33/h14-15H,1-13H2,(H2,25,32)(H2,26,33)(H,27,34)(H,28,35)(H,36,37)(H,38,39)(H,40,41)(H,42,43)(H,44,45). The molecule has 0 aromatic heterocycles. The van der Waals surface area contributed by atoms with Gasteiger partial charge in [-0.05, 0) is 12.8 Å². The number of nitrogens with two attached hydrogens (primary N) is 2. The van der Waals surface area contributed by atoms with Gasteiger partial charge in [-0.2, -0.15) is 0 Å². The first-order valence-corrected chi connectivity index (χ1v) is 13.3.